The molecule has 0 aromatic heterocycles. The number of nitro benzene ring substituents is 1. The summed E-state index contributed by atoms with van der Waals surface area (Å²) in [6, 6.07) is 1.90. The third-order valence-corrected chi connectivity index (χ3v) is 1.84. The van der Waals surface area contributed by atoms with Crippen molar-refractivity contribution < 1.29 is 9.31 Å². The van der Waals surface area contributed by atoms with Gasteiger partial charge in [0, 0.05) is 6.07 Å². The molecule has 0 saturated carbocycles. The van der Waals surface area contributed by atoms with E-state index in [4.69, 9.17) is 5.73 Å². The Hall–Kier alpha value is -1.17. The zero-order valence-electron chi connectivity index (χ0n) is 5.75. The lowest BCUT2D eigenvalue weighted by Crippen LogP contribution is -1.97. The Labute approximate surface area is 75.5 Å². The van der Waals surface area contributed by atoms with Crippen molar-refractivity contribution in [2.24, 2.45) is 0 Å². The molecule has 6 heteroatoms. The second kappa shape index (κ2) is 3.06. The highest BCUT2D eigenvalue weighted by atomic mass is 79.9. The van der Waals surface area contributed by atoms with E-state index in [2.05, 4.69) is 15.9 Å². The van der Waals surface area contributed by atoms with E-state index in [9.17, 15) is 14.5 Å². The van der Waals surface area contributed by atoms with Crippen LogP contribution >= 0.6 is 15.9 Å². The van der Waals surface area contributed by atoms with Crippen molar-refractivity contribution in [1.82, 2.24) is 0 Å². The van der Waals surface area contributed by atoms with Gasteiger partial charge in [-0.15, -0.1) is 0 Å². The van der Waals surface area contributed by atoms with E-state index in [1.165, 1.54) is 0 Å². The lowest BCUT2D eigenvalue weighted by molar-refractivity contribution is -0.384. The molecule has 0 radical (unpaired) electrons. The molecule has 12 heavy (non-hydrogen) atoms. The van der Waals surface area contributed by atoms with Crippen molar-refractivity contribution in [3.05, 3.63) is 32.5 Å². The summed E-state index contributed by atoms with van der Waals surface area (Å²) in [6.45, 7) is 0. The monoisotopic (exact) mass is 234 g/mol. The average Bonchev–Trinajstić information content (AvgIpc) is 1.82. The normalized spacial score (nSPS) is 9.83. The van der Waals surface area contributed by atoms with Crippen LogP contribution in [0.4, 0.5) is 15.8 Å². The van der Waals surface area contributed by atoms with Crippen LogP contribution in [0.15, 0.2) is 16.6 Å². The molecule has 64 valence electrons. The summed E-state index contributed by atoms with van der Waals surface area (Å²) in [5, 5.41) is 10.3. The van der Waals surface area contributed by atoms with Crippen LogP contribution in [0.25, 0.3) is 0 Å². The van der Waals surface area contributed by atoms with Gasteiger partial charge in [-0.1, -0.05) is 0 Å². The van der Waals surface area contributed by atoms with Gasteiger partial charge in [0.05, 0.1) is 4.92 Å². The van der Waals surface area contributed by atoms with Gasteiger partial charge in [0.25, 0.3) is 0 Å². The fourth-order valence-electron chi connectivity index (χ4n) is 0.779. The van der Waals surface area contributed by atoms with E-state index in [0.29, 0.717) is 0 Å². The van der Waals surface area contributed by atoms with Crippen LogP contribution in [0.5, 0.6) is 0 Å². The fraction of sp³-hybridized carbons (Fsp3) is 0. The highest BCUT2D eigenvalue weighted by molar-refractivity contribution is 9.10. The molecule has 0 heterocycles. The van der Waals surface area contributed by atoms with Gasteiger partial charge in [-0.2, -0.15) is 0 Å². The smallest absolute Gasteiger partial charge is 0.306 e. The van der Waals surface area contributed by atoms with Crippen molar-refractivity contribution >= 4 is 27.3 Å². The highest BCUT2D eigenvalue weighted by Crippen LogP contribution is 2.31. The first-order chi connectivity index (χ1) is 5.52. The Bertz CT molecular complexity index is 319. The summed E-state index contributed by atoms with van der Waals surface area (Å²) in [4.78, 5) is 9.66. The molecule has 0 aliphatic carbocycles. The van der Waals surface area contributed by atoms with E-state index in [0.717, 1.165) is 12.1 Å². The first-order valence-electron chi connectivity index (χ1n) is 2.91. The first kappa shape index (κ1) is 8.92. The molecule has 0 unspecified atom stereocenters. The summed E-state index contributed by atoms with van der Waals surface area (Å²) in [6.07, 6.45) is 0. The fourth-order valence-corrected chi connectivity index (χ4v) is 1.37. The number of anilines is 1. The lowest BCUT2D eigenvalue weighted by Gasteiger charge is -1.98. The molecule has 0 amide bonds. The van der Waals surface area contributed by atoms with Crippen LogP contribution in [0.1, 0.15) is 0 Å². The van der Waals surface area contributed by atoms with Crippen molar-refractivity contribution in [2.75, 3.05) is 5.73 Å². The van der Waals surface area contributed by atoms with Gasteiger partial charge in [-0.05, 0) is 22.0 Å². The second-order valence-electron chi connectivity index (χ2n) is 2.08. The van der Waals surface area contributed by atoms with Gasteiger partial charge in [0.2, 0.25) is 0 Å². The van der Waals surface area contributed by atoms with E-state index in [1.54, 1.807) is 0 Å². The minimum absolute atomic E-state index is 0.0463. The predicted molar refractivity (Wildman–Crippen MR) is 45.2 cm³/mol. The minimum atomic E-state index is -0.668. The summed E-state index contributed by atoms with van der Waals surface area (Å²) in [5.74, 6) is -0.607. The van der Waals surface area contributed by atoms with Crippen LogP contribution < -0.4 is 5.73 Å². The van der Waals surface area contributed by atoms with Gasteiger partial charge >= 0.3 is 5.69 Å². The van der Waals surface area contributed by atoms with Crippen LogP contribution in [0.3, 0.4) is 0 Å². The number of hydrogen-bond acceptors (Lipinski definition) is 3. The van der Waals surface area contributed by atoms with Crippen molar-refractivity contribution in [3.63, 3.8) is 0 Å². The van der Waals surface area contributed by atoms with Gasteiger partial charge in [0.1, 0.15) is 16.0 Å². The Balaban J connectivity index is 3.38. The molecule has 0 atom stereocenters. The quantitative estimate of drug-likeness (QED) is 0.460. The number of benzene rings is 1. The average molecular weight is 235 g/mol. The SMILES string of the molecule is Nc1cc(F)cc(Br)c1[N+](=O)[O-]. The molecule has 4 nitrogen and oxygen atoms in total. The summed E-state index contributed by atoms with van der Waals surface area (Å²) < 4.78 is 12.6. The maximum absolute atomic E-state index is 12.5. The molecule has 0 aliphatic rings. The molecule has 0 fully saturated rings. The molecule has 0 aliphatic heterocycles. The van der Waals surface area contributed by atoms with Crippen LogP contribution in [0, 0.1) is 15.9 Å². The van der Waals surface area contributed by atoms with Crippen LogP contribution in [0.2, 0.25) is 0 Å². The number of halogens is 2. The van der Waals surface area contributed by atoms with E-state index in [1.807, 2.05) is 0 Å². The summed E-state index contributed by atoms with van der Waals surface area (Å²) in [5.41, 5.74) is 4.71. The number of nitrogens with zero attached hydrogens (tertiary/aromatic N) is 1. The molecule has 1 aromatic rings. The van der Waals surface area contributed by atoms with Crippen molar-refractivity contribution in [1.29, 1.82) is 0 Å². The van der Waals surface area contributed by atoms with Gasteiger partial charge in [-0.25, -0.2) is 4.39 Å². The maximum Gasteiger partial charge on any atom is 0.306 e. The molecule has 0 bridgehead atoms. The summed E-state index contributed by atoms with van der Waals surface area (Å²) in [7, 11) is 0. The molecule has 0 spiro atoms. The van der Waals surface area contributed by atoms with Crippen LogP contribution in [-0.2, 0) is 0 Å². The zero-order valence-corrected chi connectivity index (χ0v) is 7.34. The van der Waals surface area contributed by atoms with Crippen molar-refractivity contribution in [2.45, 2.75) is 0 Å². The number of nitrogens with two attached hydrogens (primary N) is 1. The first-order valence-corrected chi connectivity index (χ1v) is 3.70. The van der Waals surface area contributed by atoms with E-state index >= 15 is 0 Å². The lowest BCUT2D eigenvalue weighted by atomic mass is 10.3. The number of hydrogen-bond donors (Lipinski definition) is 1. The number of nitrogen functional groups attached to an aromatic ring is 1. The summed E-state index contributed by atoms with van der Waals surface area (Å²) >= 11 is 2.84. The van der Waals surface area contributed by atoms with Crippen LogP contribution in [-0.4, -0.2) is 4.92 Å². The molecular formula is C6H4BrFN2O2. The maximum atomic E-state index is 12.5. The number of rotatable bonds is 1. The third-order valence-electron chi connectivity index (χ3n) is 1.24. The second-order valence-corrected chi connectivity index (χ2v) is 2.94. The van der Waals surface area contributed by atoms with Crippen molar-refractivity contribution in [3.8, 4) is 0 Å². The molecule has 1 aromatic carbocycles. The standard InChI is InChI=1S/C6H4BrFN2O2/c7-4-1-3(8)2-5(9)6(4)10(11)12/h1-2H,9H2. The largest absolute Gasteiger partial charge is 0.393 e. The topological polar surface area (TPSA) is 69.2 Å². The van der Waals surface area contributed by atoms with Gasteiger partial charge < -0.3 is 5.73 Å². The van der Waals surface area contributed by atoms with E-state index < -0.39 is 10.7 Å². The van der Waals surface area contributed by atoms with E-state index in [-0.39, 0.29) is 15.8 Å². The van der Waals surface area contributed by atoms with Gasteiger partial charge in [-0.3, -0.25) is 10.1 Å². The Kier molecular flexibility index (Phi) is 2.27. The molecule has 2 N–H and O–H groups in total. The molecule has 1 rings (SSSR count). The minimum Gasteiger partial charge on any atom is -0.393 e. The predicted octanol–water partition coefficient (Wildman–Crippen LogP) is 2.08. The Morgan fingerprint density at radius 2 is 2.17 bits per heavy atom. The number of nitro groups is 1. The molecule has 0 saturated heterocycles. The Morgan fingerprint density at radius 1 is 1.58 bits per heavy atom. The van der Waals surface area contributed by atoms with Gasteiger partial charge in [0.15, 0.2) is 0 Å². The third kappa shape index (κ3) is 1.53. The molecular weight excluding hydrogens is 231 g/mol. The highest BCUT2D eigenvalue weighted by Gasteiger charge is 2.17. The Morgan fingerprint density at radius 3 is 2.58 bits per heavy atom. The zero-order chi connectivity index (χ0) is 9.30.